The predicted molar refractivity (Wildman–Crippen MR) is 71.4 cm³/mol. The molecule has 1 saturated carbocycles. The Bertz CT molecular complexity index is 415. The van der Waals surface area contributed by atoms with Gasteiger partial charge >= 0.3 is 0 Å². The molecule has 0 unspecified atom stereocenters. The maximum Gasteiger partial charge on any atom is 0.221 e. The second-order valence-electron chi connectivity index (χ2n) is 5.42. The number of hydrogen-bond acceptors (Lipinski definition) is 2. The van der Waals surface area contributed by atoms with Crippen LogP contribution in [0, 0.1) is 0 Å². The average Bonchev–Trinajstić information content (AvgIpc) is 3.07. The first-order valence-corrected chi connectivity index (χ1v) is 6.91. The molecule has 0 saturated heterocycles. The van der Waals surface area contributed by atoms with Crippen LogP contribution >= 0.6 is 0 Å². The van der Waals surface area contributed by atoms with Gasteiger partial charge in [-0.15, -0.1) is 0 Å². The van der Waals surface area contributed by atoms with Crippen LogP contribution in [0.4, 0.5) is 0 Å². The number of amides is 1. The highest BCUT2D eigenvalue weighted by molar-refractivity contribution is 5.76. The van der Waals surface area contributed by atoms with Crippen molar-refractivity contribution in [1.29, 1.82) is 0 Å². The van der Waals surface area contributed by atoms with E-state index in [0.717, 1.165) is 32.2 Å². The molecule has 0 spiro atoms. The smallest absolute Gasteiger partial charge is 0.221 e. The fraction of sp³-hybridized carbons (Fsp3) is 0.533. The molecule has 0 atom stereocenters. The van der Waals surface area contributed by atoms with Crippen molar-refractivity contribution < 1.29 is 4.79 Å². The van der Waals surface area contributed by atoms with E-state index in [4.69, 9.17) is 0 Å². The molecule has 2 aliphatic rings. The summed E-state index contributed by atoms with van der Waals surface area (Å²) in [4.78, 5) is 11.5. The van der Waals surface area contributed by atoms with Crippen molar-refractivity contribution in [1.82, 2.24) is 10.6 Å². The maximum absolute atomic E-state index is 11.5. The largest absolute Gasteiger partial charge is 0.353 e. The van der Waals surface area contributed by atoms with E-state index >= 15 is 0 Å². The number of carbonyl (C=O) groups excluding carboxylic acids is 1. The third-order valence-electron chi connectivity index (χ3n) is 3.78. The number of benzene rings is 1. The van der Waals surface area contributed by atoms with E-state index in [0.29, 0.717) is 18.5 Å². The summed E-state index contributed by atoms with van der Waals surface area (Å²) < 4.78 is 0. The maximum atomic E-state index is 11.5. The summed E-state index contributed by atoms with van der Waals surface area (Å²) in [5, 5.41) is 6.51. The van der Waals surface area contributed by atoms with Crippen molar-refractivity contribution in [3.05, 3.63) is 35.4 Å². The summed E-state index contributed by atoms with van der Waals surface area (Å²) in [6.07, 6.45) is 5.12. The monoisotopic (exact) mass is 244 g/mol. The van der Waals surface area contributed by atoms with Crippen LogP contribution in [0.2, 0.25) is 0 Å². The summed E-state index contributed by atoms with van der Waals surface area (Å²) in [5.41, 5.74) is 2.91. The van der Waals surface area contributed by atoms with Gasteiger partial charge in [0, 0.05) is 25.0 Å². The number of rotatable bonds is 5. The average molecular weight is 244 g/mol. The van der Waals surface area contributed by atoms with Crippen LogP contribution in [0.25, 0.3) is 0 Å². The molecule has 3 nitrogen and oxygen atoms in total. The minimum absolute atomic E-state index is 0.195. The van der Waals surface area contributed by atoms with Crippen LogP contribution in [0.15, 0.2) is 24.3 Å². The van der Waals surface area contributed by atoms with E-state index in [1.165, 1.54) is 11.1 Å². The van der Waals surface area contributed by atoms with Crippen molar-refractivity contribution in [2.75, 3.05) is 6.54 Å². The highest BCUT2D eigenvalue weighted by atomic mass is 16.1. The molecule has 0 aromatic heterocycles. The van der Waals surface area contributed by atoms with Crippen LogP contribution in [0.3, 0.4) is 0 Å². The van der Waals surface area contributed by atoms with Crippen molar-refractivity contribution in [3.8, 4) is 0 Å². The standard InChI is InChI=1S/C15H20N2O/c18-15(17-13-5-6-13)7-8-16-14-9-11-3-1-2-4-12(11)10-14/h1-4,13-14,16H,5-10H2,(H,17,18). The molecule has 0 radical (unpaired) electrons. The molecular formula is C15H20N2O. The fourth-order valence-electron chi connectivity index (χ4n) is 2.62. The van der Waals surface area contributed by atoms with E-state index in [9.17, 15) is 4.79 Å². The summed E-state index contributed by atoms with van der Waals surface area (Å²) in [6, 6.07) is 9.60. The molecule has 3 heteroatoms. The van der Waals surface area contributed by atoms with Gasteiger partial charge in [0.1, 0.15) is 0 Å². The molecule has 18 heavy (non-hydrogen) atoms. The first-order chi connectivity index (χ1) is 8.81. The lowest BCUT2D eigenvalue weighted by Gasteiger charge is -2.11. The van der Waals surface area contributed by atoms with Gasteiger partial charge in [0.05, 0.1) is 0 Å². The number of fused-ring (bicyclic) bond motifs is 1. The van der Waals surface area contributed by atoms with Gasteiger partial charge in [-0.3, -0.25) is 4.79 Å². The zero-order valence-electron chi connectivity index (χ0n) is 10.6. The van der Waals surface area contributed by atoms with E-state index < -0.39 is 0 Å². The normalized spacial score (nSPS) is 18.7. The Morgan fingerprint density at radius 1 is 1.11 bits per heavy atom. The minimum atomic E-state index is 0.195. The van der Waals surface area contributed by atoms with E-state index in [2.05, 4.69) is 34.9 Å². The topological polar surface area (TPSA) is 41.1 Å². The molecule has 0 bridgehead atoms. The van der Waals surface area contributed by atoms with Crippen molar-refractivity contribution in [2.45, 2.75) is 44.2 Å². The Hall–Kier alpha value is -1.35. The summed E-state index contributed by atoms with van der Waals surface area (Å²) in [5.74, 6) is 0.195. The Balaban J connectivity index is 1.39. The Morgan fingerprint density at radius 2 is 1.78 bits per heavy atom. The molecular weight excluding hydrogens is 224 g/mol. The summed E-state index contributed by atoms with van der Waals surface area (Å²) in [7, 11) is 0. The number of nitrogens with one attached hydrogen (secondary N) is 2. The molecule has 1 aromatic rings. The van der Waals surface area contributed by atoms with Crippen LogP contribution in [0.1, 0.15) is 30.4 Å². The van der Waals surface area contributed by atoms with Crippen LogP contribution in [-0.4, -0.2) is 24.5 Å². The zero-order chi connectivity index (χ0) is 12.4. The van der Waals surface area contributed by atoms with E-state index in [1.807, 2.05) is 0 Å². The Kier molecular flexibility index (Phi) is 3.33. The summed E-state index contributed by atoms with van der Waals surface area (Å²) >= 11 is 0. The minimum Gasteiger partial charge on any atom is -0.353 e. The molecule has 1 amide bonds. The van der Waals surface area contributed by atoms with Gasteiger partial charge in [-0.1, -0.05) is 24.3 Å². The zero-order valence-corrected chi connectivity index (χ0v) is 10.6. The molecule has 0 aliphatic heterocycles. The highest BCUT2D eigenvalue weighted by Gasteiger charge is 2.23. The van der Waals surface area contributed by atoms with Gasteiger partial charge < -0.3 is 10.6 Å². The predicted octanol–water partition coefficient (Wildman–Crippen LogP) is 1.41. The highest BCUT2D eigenvalue weighted by Crippen LogP contribution is 2.21. The van der Waals surface area contributed by atoms with Crippen molar-refractivity contribution >= 4 is 5.91 Å². The van der Waals surface area contributed by atoms with E-state index in [1.54, 1.807) is 0 Å². The van der Waals surface area contributed by atoms with Gasteiger partial charge in [-0.05, 0) is 36.8 Å². The second kappa shape index (κ2) is 5.11. The summed E-state index contributed by atoms with van der Waals surface area (Å²) in [6.45, 7) is 0.789. The van der Waals surface area contributed by atoms with Gasteiger partial charge in [-0.2, -0.15) is 0 Å². The Labute approximate surface area is 108 Å². The third-order valence-corrected chi connectivity index (χ3v) is 3.78. The van der Waals surface area contributed by atoms with Crippen LogP contribution in [0.5, 0.6) is 0 Å². The molecule has 2 N–H and O–H groups in total. The van der Waals surface area contributed by atoms with Crippen LogP contribution < -0.4 is 10.6 Å². The molecule has 1 fully saturated rings. The van der Waals surface area contributed by atoms with E-state index in [-0.39, 0.29) is 5.91 Å². The second-order valence-corrected chi connectivity index (χ2v) is 5.42. The first-order valence-electron chi connectivity index (χ1n) is 6.91. The molecule has 2 aliphatic carbocycles. The number of carbonyl (C=O) groups is 1. The van der Waals surface area contributed by atoms with Gasteiger partial charge in [-0.25, -0.2) is 0 Å². The molecule has 3 rings (SSSR count). The third kappa shape index (κ3) is 2.91. The molecule has 96 valence electrons. The lowest BCUT2D eigenvalue weighted by atomic mass is 10.1. The van der Waals surface area contributed by atoms with Gasteiger partial charge in [0.2, 0.25) is 5.91 Å². The fourth-order valence-corrected chi connectivity index (χ4v) is 2.62. The van der Waals surface area contributed by atoms with Gasteiger partial charge in [0.15, 0.2) is 0 Å². The number of hydrogen-bond donors (Lipinski definition) is 2. The lowest BCUT2D eigenvalue weighted by molar-refractivity contribution is -0.121. The van der Waals surface area contributed by atoms with Gasteiger partial charge in [0.25, 0.3) is 0 Å². The SMILES string of the molecule is O=C(CCNC1Cc2ccccc2C1)NC1CC1. The first kappa shape index (κ1) is 11.7. The molecule has 1 aromatic carbocycles. The lowest BCUT2D eigenvalue weighted by Crippen LogP contribution is -2.34. The quantitative estimate of drug-likeness (QED) is 0.822. The molecule has 0 heterocycles. The Morgan fingerprint density at radius 3 is 2.39 bits per heavy atom. The van der Waals surface area contributed by atoms with Crippen LogP contribution in [-0.2, 0) is 17.6 Å². The van der Waals surface area contributed by atoms with Crippen molar-refractivity contribution in [3.63, 3.8) is 0 Å². The van der Waals surface area contributed by atoms with Crippen molar-refractivity contribution in [2.24, 2.45) is 0 Å².